The number of H-pyrrole nitrogens is 1. The van der Waals surface area contributed by atoms with E-state index < -0.39 is 5.69 Å². The van der Waals surface area contributed by atoms with Gasteiger partial charge in [-0.25, -0.2) is 14.8 Å². The molecule has 138 valence electrons. The van der Waals surface area contributed by atoms with E-state index in [-0.39, 0.29) is 23.2 Å². The van der Waals surface area contributed by atoms with Crippen molar-refractivity contribution < 1.29 is 4.79 Å². The molecule has 27 heavy (non-hydrogen) atoms. The van der Waals surface area contributed by atoms with Crippen molar-refractivity contribution in [2.24, 2.45) is 0 Å². The minimum absolute atomic E-state index is 0.190. The summed E-state index contributed by atoms with van der Waals surface area (Å²) in [6.07, 6.45) is 5.58. The molecular weight excluding hydrogens is 348 g/mol. The van der Waals surface area contributed by atoms with Gasteiger partial charge >= 0.3 is 5.69 Å². The van der Waals surface area contributed by atoms with Crippen molar-refractivity contribution in [1.82, 2.24) is 29.4 Å². The topological polar surface area (TPSA) is 114 Å². The summed E-state index contributed by atoms with van der Waals surface area (Å²) in [5, 5.41) is 0.380. The van der Waals surface area contributed by atoms with Gasteiger partial charge in [-0.2, -0.15) is 0 Å². The molecule has 1 fully saturated rings. The van der Waals surface area contributed by atoms with Gasteiger partial charge in [0.05, 0.1) is 17.3 Å². The number of nitrogens with zero attached hydrogens (tertiary/aromatic N) is 5. The summed E-state index contributed by atoms with van der Waals surface area (Å²) in [6, 6.07) is 3.04. The standard InChI is InChI=1S/C18H18N6O3/c1-11-9-21-14(10-20-11)17(26)23-7-4-12(5-8-23)24-16(25)13-3-2-6-19-15(13)22-18(24)27/h2-3,6,9-10,12H,4-5,7-8H2,1H3,(H,19,22,27). The van der Waals surface area contributed by atoms with Crippen molar-refractivity contribution in [3.05, 3.63) is 62.9 Å². The lowest BCUT2D eigenvalue weighted by Crippen LogP contribution is -2.45. The Morgan fingerprint density at radius 3 is 2.63 bits per heavy atom. The van der Waals surface area contributed by atoms with Crippen LogP contribution in [0.4, 0.5) is 0 Å². The Kier molecular flexibility index (Phi) is 4.27. The third-order valence-corrected chi connectivity index (χ3v) is 4.82. The fraction of sp³-hybridized carbons (Fsp3) is 0.333. The lowest BCUT2D eigenvalue weighted by molar-refractivity contribution is 0.0685. The van der Waals surface area contributed by atoms with E-state index in [2.05, 4.69) is 19.9 Å². The molecular formula is C18H18N6O3. The summed E-state index contributed by atoms with van der Waals surface area (Å²) in [5.74, 6) is -0.190. The van der Waals surface area contributed by atoms with Crippen LogP contribution in [0.3, 0.4) is 0 Å². The lowest BCUT2D eigenvalue weighted by atomic mass is 10.0. The second-order valence-corrected chi connectivity index (χ2v) is 6.57. The van der Waals surface area contributed by atoms with E-state index in [9.17, 15) is 14.4 Å². The molecule has 0 atom stereocenters. The molecule has 0 radical (unpaired) electrons. The zero-order valence-electron chi connectivity index (χ0n) is 14.8. The number of aryl methyl sites for hydroxylation is 1. The molecule has 4 heterocycles. The van der Waals surface area contributed by atoms with Crippen LogP contribution in [0, 0.1) is 6.92 Å². The van der Waals surface area contributed by atoms with Gasteiger partial charge in [0, 0.05) is 31.5 Å². The Bertz CT molecular complexity index is 1110. The Morgan fingerprint density at radius 2 is 1.93 bits per heavy atom. The zero-order valence-corrected chi connectivity index (χ0v) is 14.8. The van der Waals surface area contributed by atoms with Crippen LogP contribution >= 0.6 is 0 Å². The molecule has 0 saturated carbocycles. The summed E-state index contributed by atoms with van der Waals surface area (Å²) >= 11 is 0. The monoisotopic (exact) mass is 366 g/mol. The first kappa shape index (κ1) is 17.1. The molecule has 0 bridgehead atoms. The average Bonchev–Trinajstić information content (AvgIpc) is 2.68. The molecule has 3 aromatic rings. The number of rotatable bonds is 2. The highest BCUT2D eigenvalue weighted by atomic mass is 16.2. The summed E-state index contributed by atoms with van der Waals surface area (Å²) < 4.78 is 1.25. The molecule has 0 spiro atoms. The molecule has 1 amide bonds. The molecule has 9 heteroatoms. The van der Waals surface area contributed by atoms with Crippen LogP contribution in [0.5, 0.6) is 0 Å². The van der Waals surface area contributed by atoms with Crippen LogP contribution in [0.1, 0.15) is 35.1 Å². The molecule has 0 aliphatic carbocycles. The minimum atomic E-state index is -0.472. The Morgan fingerprint density at radius 1 is 1.15 bits per heavy atom. The van der Waals surface area contributed by atoms with Gasteiger partial charge in [0.15, 0.2) is 0 Å². The largest absolute Gasteiger partial charge is 0.337 e. The smallest absolute Gasteiger partial charge is 0.330 e. The molecule has 1 aliphatic heterocycles. The van der Waals surface area contributed by atoms with Crippen LogP contribution in [0.2, 0.25) is 0 Å². The summed E-state index contributed by atoms with van der Waals surface area (Å²) in [4.78, 5) is 54.2. The number of piperidine rings is 1. The van der Waals surface area contributed by atoms with Crippen molar-refractivity contribution >= 4 is 16.9 Å². The first-order valence-electron chi connectivity index (χ1n) is 8.72. The molecule has 1 N–H and O–H groups in total. The zero-order chi connectivity index (χ0) is 19.0. The normalized spacial score (nSPS) is 15.2. The van der Waals surface area contributed by atoms with Crippen molar-refractivity contribution in [1.29, 1.82) is 0 Å². The summed E-state index contributed by atoms with van der Waals surface area (Å²) in [5.41, 5.74) is 0.506. The predicted molar refractivity (Wildman–Crippen MR) is 97.6 cm³/mol. The van der Waals surface area contributed by atoms with E-state index in [4.69, 9.17) is 0 Å². The number of likely N-dealkylation sites (tertiary alicyclic amines) is 1. The maximum Gasteiger partial charge on any atom is 0.330 e. The number of aromatic amines is 1. The van der Waals surface area contributed by atoms with E-state index in [1.165, 1.54) is 17.0 Å². The number of pyridine rings is 1. The van der Waals surface area contributed by atoms with Crippen molar-refractivity contribution in [2.75, 3.05) is 13.1 Å². The molecule has 9 nitrogen and oxygen atoms in total. The number of aromatic nitrogens is 5. The van der Waals surface area contributed by atoms with Crippen LogP contribution in [0.25, 0.3) is 11.0 Å². The molecule has 3 aromatic heterocycles. The van der Waals surface area contributed by atoms with Gasteiger partial charge in [-0.05, 0) is 31.9 Å². The number of carbonyl (C=O) groups excluding carboxylic acids is 1. The van der Waals surface area contributed by atoms with Crippen LogP contribution < -0.4 is 11.2 Å². The van der Waals surface area contributed by atoms with Crippen LogP contribution in [0.15, 0.2) is 40.3 Å². The number of hydrogen-bond donors (Lipinski definition) is 1. The van der Waals surface area contributed by atoms with Gasteiger partial charge in [0.25, 0.3) is 11.5 Å². The predicted octanol–water partition coefficient (Wildman–Crippen LogP) is 0.661. The minimum Gasteiger partial charge on any atom is -0.337 e. The third kappa shape index (κ3) is 3.12. The van der Waals surface area contributed by atoms with Crippen molar-refractivity contribution in [3.63, 3.8) is 0 Å². The highest BCUT2D eigenvalue weighted by Crippen LogP contribution is 2.21. The Hall–Kier alpha value is -3.36. The number of fused-ring (bicyclic) bond motifs is 1. The fourth-order valence-electron chi connectivity index (χ4n) is 3.38. The van der Waals surface area contributed by atoms with E-state index in [1.807, 2.05) is 0 Å². The molecule has 1 aliphatic rings. The van der Waals surface area contributed by atoms with Crippen LogP contribution in [-0.4, -0.2) is 48.4 Å². The fourth-order valence-corrected chi connectivity index (χ4v) is 3.38. The Balaban J connectivity index is 1.55. The van der Waals surface area contributed by atoms with Gasteiger partial charge < -0.3 is 4.90 Å². The maximum atomic E-state index is 12.7. The number of nitrogens with one attached hydrogen (secondary N) is 1. The third-order valence-electron chi connectivity index (χ3n) is 4.82. The first-order valence-corrected chi connectivity index (χ1v) is 8.72. The highest BCUT2D eigenvalue weighted by Gasteiger charge is 2.27. The summed E-state index contributed by atoms with van der Waals surface area (Å²) in [6.45, 7) is 2.69. The van der Waals surface area contributed by atoms with E-state index in [0.29, 0.717) is 37.0 Å². The van der Waals surface area contributed by atoms with Gasteiger partial charge in [0.2, 0.25) is 0 Å². The van der Waals surface area contributed by atoms with Gasteiger partial charge in [-0.1, -0.05) is 0 Å². The number of amides is 1. The Labute approximate surface area is 153 Å². The van der Waals surface area contributed by atoms with Crippen LogP contribution in [-0.2, 0) is 0 Å². The van der Waals surface area contributed by atoms with Gasteiger partial charge in [-0.15, -0.1) is 0 Å². The van der Waals surface area contributed by atoms with Gasteiger partial charge in [0.1, 0.15) is 11.3 Å². The van der Waals surface area contributed by atoms with Gasteiger partial charge in [-0.3, -0.25) is 24.1 Å². The second-order valence-electron chi connectivity index (χ2n) is 6.57. The maximum absolute atomic E-state index is 12.7. The molecule has 0 unspecified atom stereocenters. The first-order chi connectivity index (χ1) is 13.0. The molecule has 0 aromatic carbocycles. The quantitative estimate of drug-likeness (QED) is 0.713. The lowest BCUT2D eigenvalue weighted by Gasteiger charge is -2.32. The average molecular weight is 366 g/mol. The summed E-state index contributed by atoms with van der Waals surface area (Å²) in [7, 11) is 0. The highest BCUT2D eigenvalue weighted by molar-refractivity contribution is 5.92. The molecule has 4 rings (SSSR count). The number of carbonyl (C=O) groups is 1. The second kappa shape index (κ2) is 6.75. The van der Waals surface area contributed by atoms with E-state index in [0.717, 1.165) is 5.69 Å². The van der Waals surface area contributed by atoms with Crippen molar-refractivity contribution in [2.45, 2.75) is 25.8 Å². The van der Waals surface area contributed by atoms with Crippen molar-refractivity contribution in [3.8, 4) is 0 Å². The molecule has 1 saturated heterocycles. The number of hydrogen-bond acceptors (Lipinski definition) is 6. The van der Waals surface area contributed by atoms with E-state index >= 15 is 0 Å². The van der Waals surface area contributed by atoms with E-state index in [1.54, 1.807) is 30.2 Å². The SMILES string of the molecule is Cc1cnc(C(=O)N2CCC(n3c(=O)[nH]c4ncccc4c3=O)CC2)cn1.